The van der Waals surface area contributed by atoms with E-state index < -0.39 is 52.1 Å². The first-order chi connectivity index (χ1) is 14.6. The summed E-state index contributed by atoms with van der Waals surface area (Å²) in [5.74, 6) is -2.45. The van der Waals surface area contributed by atoms with E-state index in [9.17, 15) is 35.7 Å². The molecule has 0 saturated heterocycles. The van der Waals surface area contributed by atoms with Gasteiger partial charge in [0.05, 0.1) is 0 Å². The number of rotatable bonds is 5. The molecule has 0 spiro atoms. The van der Waals surface area contributed by atoms with Gasteiger partial charge < -0.3 is 15.1 Å². The van der Waals surface area contributed by atoms with Crippen LogP contribution in [0.5, 0.6) is 0 Å². The number of amides is 1. The zero-order valence-electron chi connectivity index (χ0n) is 15.3. The molecule has 14 heteroatoms. The lowest BCUT2D eigenvalue weighted by atomic mass is 10.0. The molecule has 5 nitrogen and oxygen atoms in total. The highest BCUT2D eigenvalue weighted by atomic mass is 79.9. The first-order valence-electron chi connectivity index (χ1n) is 8.42. The van der Waals surface area contributed by atoms with Crippen molar-refractivity contribution in [3.63, 3.8) is 0 Å². The van der Waals surface area contributed by atoms with Crippen molar-refractivity contribution in [2.45, 2.75) is 17.9 Å². The molecule has 0 radical (unpaired) electrons. The molecule has 0 aliphatic carbocycles. The summed E-state index contributed by atoms with van der Waals surface area (Å²) in [7, 11) is -5.87. The summed E-state index contributed by atoms with van der Waals surface area (Å²) in [4.78, 5) is 29.4. The number of hydrogen-bond donors (Lipinski definition) is 3. The van der Waals surface area contributed by atoms with Gasteiger partial charge in [-0.1, -0.05) is 18.2 Å². The van der Waals surface area contributed by atoms with Crippen LogP contribution in [0.25, 0.3) is 10.1 Å². The highest BCUT2D eigenvalue weighted by molar-refractivity contribution is 9.10. The van der Waals surface area contributed by atoms with E-state index in [2.05, 4.69) is 15.9 Å². The van der Waals surface area contributed by atoms with Crippen LogP contribution in [-0.4, -0.2) is 21.9 Å². The van der Waals surface area contributed by atoms with Crippen molar-refractivity contribution in [3.8, 4) is 0 Å². The molecular formula is C18H11BrF6NO4PS. The van der Waals surface area contributed by atoms with Crippen LogP contribution in [-0.2, 0) is 10.2 Å². The van der Waals surface area contributed by atoms with Crippen molar-refractivity contribution in [2.75, 3.05) is 0 Å². The zero-order chi connectivity index (χ0) is 24.1. The maximum Gasteiger partial charge on any atom is 0.412 e. The van der Waals surface area contributed by atoms with Crippen molar-refractivity contribution < 1.29 is 45.5 Å². The minimum atomic E-state index is -5.87. The number of hydrogen-bond acceptors (Lipinski definition) is 3. The number of thiophene rings is 1. The number of halogens is 7. The number of carbonyl (C=O) groups is 1. The predicted octanol–water partition coefficient (Wildman–Crippen LogP) is 6.06. The fourth-order valence-electron chi connectivity index (χ4n) is 2.79. The van der Waals surface area contributed by atoms with Gasteiger partial charge in [-0.15, -0.1) is 11.3 Å². The highest BCUT2D eigenvalue weighted by Gasteiger charge is 2.53. The highest BCUT2D eigenvalue weighted by Crippen LogP contribution is 2.62. The average molecular weight is 562 g/mol. The van der Waals surface area contributed by atoms with E-state index in [0.29, 0.717) is 11.3 Å². The first kappa shape index (κ1) is 24.7. The van der Waals surface area contributed by atoms with Crippen LogP contribution in [0.4, 0.5) is 26.3 Å². The Morgan fingerprint density at radius 2 is 1.72 bits per heavy atom. The van der Waals surface area contributed by atoms with Gasteiger partial charge in [0.1, 0.15) is 10.7 Å². The average Bonchev–Trinajstić information content (AvgIpc) is 3.01. The first-order valence-corrected chi connectivity index (χ1v) is 11.6. The van der Waals surface area contributed by atoms with Crippen LogP contribution < -0.4 is 5.32 Å². The summed E-state index contributed by atoms with van der Waals surface area (Å²) >= 11 is 3.16. The molecule has 3 N–H and O–H groups in total. The van der Waals surface area contributed by atoms with E-state index in [1.165, 1.54) is 12.1 Å². The number of nitrogens with one attached hydrogen (secondary N) is 1. The lowest BCUT2D eigenvalue weighted by Crippen LogP contribution is -2.38. The molecule has 0 saturated carbocycles. The van der Waals surface area contributed by atoms with Crippen LogP contribution in [0.15, 0.2) is 46.9 Å². The quantitative estimate of drug-likeness (QED) is 0.261. The van der Waals surface area contributed by atoms with Gasteiger partial charge >= 0.3 is 19.4 Å². The van der Waals surface area contributed by atoms with Crippen LogP contribution in [0.1, 0.15) is 26.8 Å². The van der Waals surface area contributed by atoms with Gasteiger partial charge in [-0.2, -0.15) is 22.0 Å². The summed E-state index contributed by atoms with van der Waals surface area (Å²) < 4.78 is 93.4. The molecule has 0 aliphatic rings. The van der Waals surface area contributed by atoms with Gasteiger partial charge in [0.2, 0.25) is 0 Å². The second kappa shape index (κ2) is 8.45. The molecule has 0 aliphatic heterocycles. The Morgan fingerprint density at radius 3 is 2.28 bits per heavy atom. The molecular weight excluding hydrogens is 551 g/mol. The van der Waals surface area contributed by atoms with Crippen LogP contribution in [0.3, 0.4) is 0 Å². The molecule has 172 valence electrons. The summed E-state index contributed by atoms with van der Waals surface area (Å²) in [5, 5.41) is 1.62. The minimum absolute atomic E-state index is 0.0692. The third-order valence-electron chi connectivity index (χ3n) is 4.35. The molecule has 3 aromatic rings. The maximum absolute atomic E-state index is 14.1. The smallest absolute Gasteiger partial charge is 0.337 e. The molecule has 1 aromatic heterocycles. The molecule has 1 unspecified atom stereocenters. The van der Waals surface area contributed by atoms with Crippen LogP contribution in [0, 0.1) is 5.82 Å². The molecule has 0 bridgehead atoms. The molecule has 32 heavy (non-hydrogen) atoms. The topological polar surface area (TPSA) is 86.6 Å². The lowest BCUT2D eigenvalue weighted by molar-refractivity contribution is -0.155. The molecule has 3 rings (SSSR count). The Kier molecular flexibility index (Phi) is 6.53. The number of fused-ring (bicyclic) bond motifs is 1. The molecule has 1 heterocycles. The molecule has 1 atom stereocenters. The normalized spacial score (nSPS) is 13.9. The third kappa shape index (κ3) is 4.58. The van der Waals surface area contributed by atoms with Crippen LogP contribution in [0.2, 0.25) is 0 Å². The number of alkyl halides is 5. The van der Waals surface area contributed by atoms with Gasteiger partial charge in [0, 0.05) is 25.7 Å². The van der Waals surface area contributed by atoms with E-state index in [-0.39, 0.29) is 15.6 Å². The monoisotopic (exact) mass is 561 g/mol. The Morgan fingerprint density at radius 1 is 1.09 bits per heavy atom. The Balaban J connectivity index is 2.01. The van der Waals surface area contributed by atoms with Crippen LogP contribution >= 0.6 is 34.9 Å². The van der Waals surface area contributed by atoms with Gasteiger partial charge in [0.15, 0.2) is 6.04 Å². The van der Waals surface area contributed by atoms with E-state index in [1.54, 1.807) is 5.32 Å². The van der Waals surface area contributed by atoms with Crippen molar-refractivity contribution in [1.82, 2.24) is 5.32 Å². The third-order valence-corrected chi connectivity index (χ3v) is 7.78. The largest absolute Gasteiger partial charge is 0.412 e. The zero-order valence-corrected chi connectivity index (χ0v) is 18.6. The van der Waals surface area contributed by atoms with Gasteiger partial charge in [-0.25, -0.2) is 4.39 Å². The van der Waals surface area contributed by atoms with Gasteiger partial charge in [-0.05, 0) is 40.2 Å². The van der Waals surface area contributed by atoms with Crippen molar-refractivity contribution in [1.29, 1.82) is 0 Å². The fourth-order valence-corrected chi connectivity index (χ4v) is 5.72. The van der Waals surface area contributed by atoms with Gasteiger partial charge in [0.25, 0.3) is 5.91 Å². The summed E-state index contributed by atoms with van der Waals surface area (Å²) in [6.45, 7) is 0. The summed E-state index contributed by atoms with van der Waals surface area (Å²) in [6, 6.07) is 4.52. The fraction of sp³-hybridized carbons (Fsp3) is 0.167. The summed E-state index contributed by atoms with van der Waals surface area (Å²) in [6.07, 6.45) is -5.04. The Hall–Kier alpha value is -1.92. The SMILES string of the molecule is O=C(NC(c1ccccc1F)C(F)(F)F)c1ccc2sc(C(F)(F)P(=O)(O)O)c(Br)c2c1. The second-order valence-electron chi connectivity index (χ2n) is 6.51. The number of carbonyl (C=O) groups excluding carboxylic acids is 1. The Labute approximate surface area is 188 Å². The second-order valence-corrected chi connectivity index (χ2v) is 10.0. The van der Waals surface area contributed by atoms with E-state index in [0.717, 1.165) is 30.3 Å². The Bertz CT molecular complexity index is 1240. The van der Waals surface area contributed by atoms with Crippen molar-refractivity contribution in [3.05, 3.63) is 68.8 Å². The summed E-state index contributed by atoms with van der Waals surface area (Å²) in [5.41, 5.74) is -5.70. The molecule has 2 aromatic carbocycles. The van der Waals surface area contributed by atoms with E-state index in [1.807, 2.05) is 0 Å². The number of benzene rings is 2. The molecule has 1 amide bonds. The lowest BCUT2D eigenvalue weighted by Gasteiger charge is -2.22. The van der Waals surface area contributed by atoms with Gasteiger partial charge in [-0.3, -0.25) is 9.36 Å². The van der Waals surface area contributed by atoms with Crippen molar-refractivity contribution >= 4 is 50.9 Å². The van der Waals surface area contributed by atoms with E-state index in [4.69, 9.17) is 9.79 Å². The molecule has 0 fully saturated rings. The van der Waals surface area contributed by atoms with E-state index >= 15 is 0 Å². The predicted molar refractivity (Wildman–Crippen MR) is 108 cm³/mol. The standard InChI is InChI=1S/C18H11BrF6NO4PS/c19-13-10-7-8(5-6-12(10)32-15(13)18(24,25)31(28,29)30)16(27)26-14(17(21,22)23)9-3-1-2-4-11(9)20/h1-7,14H,(H,26,27)(H2,28,29,30). The maximum atomic E-state index is 14.1. The minimum Gasteiger partial charge on any atom is -0.337 e. The van der Waals surface area contributed by atoms with Crippen molar-refractivity contribution in [2.24, 2.45) is 0 Å².